The maximum Gasteiger partial charge on any atom is 0.309 e. The van der Waals surface area contributed by atoms with E-state index in [1.165, 1.54) is 7.11 Å². The Kier molecular flexibility index (Phi) is 8.70. The molecule has 0 spiro atoms. The van der Waals surface area contributed by atoms with Crippen LogP contribution in [0.25, 0.3) is 0 Å². The summed E-state index contributed by atoms with van der Waals surface area (Å²) in [5, 5.41) is 2.92. The van der Waals surface area contributed by atoms with Crippen molar-refractivity contribution in [2.45, 2.75) is 37.9 Å². The summed E-state index contributed by atoms with van der Waals surface area (Å²) in [4.78, 5) is 39.0. The van der Waals surface area contributed by atoms with E-state index in [9.17, 15) is 14.4 Å². The monoisotopic (exact) mass is 455 g/mol. The van der Waals surface area contributed by atoms with Gasteiger partial charge in [-0.2, -0.15) is 0 Å². The fourth-order valence-electron chi connectivity index (χ4n) is 3.67. The molecule has 0 radical (unpaired) electrons. The first-order chi connectivity index (χ1) is 15.5. The molecular formula is C24H29N3O4S. The first kappa shape index (κ1) is 23.8. The van der Waals surface area contributed by atoms with E-state index >= 15 is 0 Å². The average molecular weight is 456 g/mol. The van der Waals surface area contributed by atoms with Gasteiger partial charge >= 0.3 is 5.97 Å². The number of methoxy groups -OCH3 is 1. The molecule has 1 heterocycles. The Morgan fingerprint density at radius 3 is 2.53 bits per heavy atom. The minimum absolute atomic E-state index is 0.107. The summed E-state index contributed by atoms with van der Waals surface area (Å²) in [5.41, 5.74) is 8.94. The molecule has 0 aliphatic carbocycles. The zero-order valence-electron chi connectivity index (χ0n) is 18.2. The van der Waals surface area contributed by atoms with E-state index in [4.69, 9.17) is 10.5 Å². The summed E-state index contributed by atoms with van der Waals surface area (Å²) < 4.78 is 4.74. The first-order valence-corrected chi connectivity index (χ1v) is 11.7. The standard InChI is InChI=1S/C24H29N3O4S/c1-31-23(29)12-18-9-5-6-10-19(18)14-26-24(30)21-15-32-16-27(21)22(28)13-20(25)11-17-7-3-2-4-8-17/h2-10,20-21H,11-16,25H2,1H3,(H,26,30)/t20-,21+/m1/s1. The summed E-state index contributed by atoms with van der Waals surface area (Å²) in [5.74, 6) is 0.389. The van der Waals surface area contributed by atoms with Gasteiger partial charge < -0.3 is 20.7 Å². The van der Waals surface area contributed by atoms with E-state index in [0.717, 1.165) is 16.7 Å². The lowest BCUT2D eigenvalue weighted by molar-refractivity contribution is -0.139. The molecular weight excluding hydrogens is 426 g/mol. The third kappa shape index (κ3) is 6.58. The fourth-order valence-corrected chi connectivity index (χ4v) is 4.85. The number of thioether (sulfide) groups is 1. The Labute approximate surface area is 192 Å². The van der Waals surface area contributed by atoms with Crippen molar-refractivity contribution in [2.75, 3.05) is 18.7 Å². The Morgan fingerprint density at radius 1 is 1.12 bits per heavy atom. The van der Waals surface area contributed by atoms with Crippen LogP contribution in [0.4, 0.5) is 0 Å². The number of ether oxygens (including phenoxy) is 1. The van der Waals surface area contributed by atoms with Crippen LogP contribution in [0, 0.1) is 0 Å². The quantitative estimate of drug-likeness (QED) is 0.560. The molecule has 0 aromatic heterocycles. The van der Waals surface area contributed by atoms with Gasteiger partial charge in [-0.1, -0.05) is 54.6 Å². The third-order valence-corrected chi connectivity index (χ3v) is 6.43. The number of nitrogens with one attached hydrogen (secondary N) is 1. The number of esters is 1. The van der Waals surface area contributed by atoms with Crippen LogP contribution in [-0.4, -0.2) is 53.5 Å². The summed E-state index contributed by atoms with van der Waals surface area (Å²) in [6.07, 6.45) is 0.953. The molecule has 1 saturated heterocycles. The topological polar surface area (TPSA) is 102 Å². The molecule has 1 aliphatic heterocycles. The maximum absolute atomic E-state index is 12.9. The smallest absolute Gasteiger partial charge is 0.309 e. The number of nitrogens with two attached hydrogens (primary N) is 1. The van der Waals surface area contributed by atoms with Gasteiger partial charge in [0.05, 0.1) is 19.4 Å². The van der Waals surface area contributed by atoms with Gasteiger partial charge in [-0.3, -0.25) is 14.4 Å². The van der Waals surface area contributed by atoms with E-state index in [1.807, 2.05) is 54.6 Å². The second-order valence-corrected chi connectivity index (χ2v) is 8.77. The van der Waals surface area contributed by atoms with E-state index < -0.39 is 6.04 Å². The van der Waals surface area contributed by atoms with Crippen LogP contribution >= 0.6 is 11.8 Å². The molecule has 1 fully saturated rings. The van der Waals surface area contributed by atoms with Gasteiger partial charge in [0.25, 0.3) is 0 Å². The van der Waals surface area contributed by atoms with Crippen molar-refractivity contribution < 1.29 is 19.1 Å². The molecule has 3 N–H and O–H groups in total. The van der Waals surface area contributed by atoms with E-state index in [1.54, 1.807) is 16.7 Å². The fraction of sp³-hybridized carbons (Fsp3) is 0.375. The SMILES string of the molecule is COC(=O)Cc1ccccc1CNC(=O)[C@@H]1CSCN1C(=O)C[C@H](N)Cc1ccccc1. The molecule has 2 atom stereocenters. The first-order valence-electron chi connectivity index (χ1n) is 10.6. The van der Waals surface area contributed by atoms with Crippen molar-refractivity contribution in [3.05, 3.63) is 71.3 Å². The van der Waals surface area contributed by atoms with Crippen molar-refractivity contribution >= 4 is 29.5 Å². The van der Waals surface area contributed by atoms with Crippen LogP contribution in [0.5, 0.6) is 0 Å². The number of hydrogen-bond donors (Lipinski definition) is 2. The zero-order valence-corrected chi connectivity index (χ0v) is 19.0. The van der Waals surface area contributed by atoms with Crippen molar-refractivity contribution in [1.82, 2.24) is 10.2 Å². The van der Waals surface area contributed by atoms with Gasteiger partial charge in [-0.05, 0) is 23.1 Å². The molecule has 170 valence electrons. The number of rotatable bonds is 9. The summed E-state index contributed by atoms with van der Waals surface area (Å²) in [6.45, 7) is 0.280. The molecule has 0 bridgehead atoms. The normalized spacial score (nSPS) is 16.4. The summed E-state index contributed by atoms with van der Waals surface area (Å²) in [6, 6.07) is 16.4. The van der Waals surface area contributed by atoms with Gasteiger partial charge in [0.2, 0.25) is 11.8 Å². The molecule has 32 heavy (non-hydrogen) atoms. The van der Waals surface area contributed by atoms with Crippen LogP contribution < -0.4 is 11.1 Å². The number of carbonyl (C=O) groups excluding carboxylic acids is 3. The van der Waals surface area contributed by atoms with Crippen LogP contribution in [0.15, 0.2) is 54.6 Å². The molecule has 8 heteroatoms. The lowest BCUT2D eigenvalue weighted by Gasteiger charge is -2.24. The second-order valence-electron chi connectivity index (χ2n) is 7.77. The van der Waals surface area contributed by atoms with Gasteiger partial charge in [0.1, 0.15) is 6.04 Å². The van der Waals surface area contributed by atoms with Crippen molar-refractivity contribution in [1.29, 1.82) is 0 Å². The maximum atomic E-state index is 12.9. The number of amides is 2. The van der Waals surface area contributed by atoms with Crippen molar-refractivity contribution in [3.8, 4) is 0 Å². The predicted molar refractivity (Wildman–Crippen MR) is 125 cm³/mol. The zero-order chi connectivity index (χ0) is 22.9. The minimum Gasteiger partial charge on any atom is -0.469 e. The highest BCUT2D eigenvalue weighted by Crippen LogP contribution is 2.23. The molecule has 7 nitrogen and oxygen atoms in total. The number of hydrogen-bond acceptors (Lipinski definition) is 6. The third-order valence-electron chi connectivity index (χ3n) is 5.42. The van der Waals surface area contributed by atoms with Crippen LogP contribution in [0.2, 0.25) is 0 Å². The Balaban J connectivity index is 1.55. The molecule has 2 aromatic rings. The number of carbonyl (C=O) groups is 3. The molecule has 1 aliphatic rings. The minimum atomic E-state index is -0.524. The Hall–Kier alpha value is -2.84. The Bertz CT molecular complexity index is 938. The second kappa shape index (κ2) is 11.7. The molecule has 0 unspecified atom stereocenters. The Morgan fingerprint density at radius 2 is 1.81 bits per heavy atom. The van der Waals surface area contributed by atoms with Crippen molar-refractivity contribution in [2.24, 2.45) is 5.73 Å². The van der Waals surface area contributed by atoms with Crippen molar-refractivity contribution in [3.63, 3.8) is 0 Å². The molecule has 2 aromatic carbocycles. The highest BCUT2D eigenvalue weighted by Gasteiger charge is 2.34. The average Bonchev–Trinajstić information content (AvgIpc) is 3.29. The lowest BCUT2D eigenvalue weighted by Crippen LogP contribution is -2.48. The van der Waals surface area contributed by atoms with E-state index in [-0.39, 0.29) is 43.2 Å². The van der Waals surface area contributed by atoms with Gasteiger partial charge in [0.15, 0.2) is 0 Å². The lowest BCUT2D eigenvalue weighted by atomic mass is 10.0. The molecule has 3 rings (SSSR count). The van der Waals surface area contributed by atoms with Crippen LogP contribution in [0.1, 0.15) is 23.1 Å². The number of nitrogens with zero attached hydrogens (tertiary/aromatic N) is 1. The largest absolute Gasteiger partial charge is 0.469 e. The summed E-state index contributed by atoms with van der Waals surface area (Å²) >= 11 is 1.56. The van der Waals surface area contributed by atoms with E-state index in [2.05, 4.69) is 5.32 Å². The van der Waals surface area contributed by atoms with Crippen LogP contribution in [-0.2, 0) is 38.5 Å². The number of benzene rings is 2. The van der Waals surface area contributed by atoms with E-state index in [0.29, 0.717) is 18.1 Å². The van der Waals surface area contributed by atoms with Gasteiger partial charge in [-0.25, -0.2) is 0 Å². The van der Waals surface area contributed by atoms with Gasteiger partial charge in [0, 0.05) is 24.8 Å². The molecule has 0 saturated carbocycles. The predicted octanol–water partition coefficient (Wildman–Crippen LogP) is 1.88. The van der Waals surface area contributed by atoms with Gasteiger partial charge in [-0.15, -0.1) is 11.8 Å². The van der Waals surface area contributed by atoms with Crippen LogP contribution in [0.3, 0.4) is 0 Å². The highest BCUT2D eigenvalue weighted by molar-refractivity contribution is 7.99. The molecule has 2 amide bonds. The highest BCUT2D eigenvalue weighted by atomic mass is 32.2. The summed E-state index contributed by atoms with van der Waals surface area (Å²) in [7, 11) is 1.35.